The molecule has 2 aromatic rings. The fraction of sp³-hybridized carbons (Fsp3) is 0.429. The van der Waals surface area contributed by atoms with Crippen LogP contribution in [0.3, 0.4) is 0 Å². The fourth-order valence-corrected chi connectivity index (χ4v) is 2.50. The molecule has 1 saturated heterocycles. The highest BCUT2D eigenvalue weighted by molar-refractivity contribution is 6.04. The van der Waals surface area contributed by atoms with E-state index >= 15 is 0 Å². The van der Waals surface area contributed by atoms with Crippen LogP contribution < -0.4 is 5.32 Å². The molecular formula is C14H17N3O2. The zero-order valence-electron chi connectivity index (χ0n) is 10.8. The highest BCUT2D eigenvalue weighted by Crippen LogP contribution is 2.18. The van der Waals surface area contributed by atoms with Crippen LogP contribution in [0.2, 0.25) is 0 Å². The third kappa shape index (κ3) is 2.33. The summed E-state index contributed by atoms with van der Waals surface area (Å²) in [4.78, 5) is 12.2. The average molecular weight is 259 g/mol. The minimum atomic E-state index is -0.152. The normalized spacial score (nSPS) is 20.6. The van der Waals surface area contributed by atoms with Crippen molar-refractivity contribution in [3.8, 4) is 0 Å². The summed E-state index contributed by atoms with van der Waals surface area (Å²) in [5, 5.41) is 10.8. The van der Waals surface area contributed by atoms with E-state index in [9.17, 15) is 4.79 Å². The first-order chi connectivity index (χ1) is 9.25. The van der Waals surface area contributed by atoms with Gasteiger partial charge in [-0.25, -0.2) is 0 Å². The second-order valence-corrected chi connectivity index (χ2v) is 4.93. The smallest absolute Gasteiger partial charge is 0.272 e. The molecule has 2 N–H and O–H groups in total. The van der Waals surface area contributed by atoms with Crippen molar-refractivity contribution in [3.05, 3.63) is 30.0 Å². The van der Waals surface area contributed by atoms with Gasteiger partial charge in [0, 0.05) is 12.0 Å². The molecule has 0 saturated carbocycles. The Hall–Kier alpha value is -1.88. The number of amides is 1. The van der Waals surface area contributed by atoms with Gasteiger partial charge in [-0.3, -0.25) is 9.89 Å². The molecule has 2 heterocycles. The molecule has 5 heteroatoms. The molecule has 1 fully saturated rings. The number of H-pyrrole nitrogens is 1. The Kier molecular flexibility index (Phi) is 3.21. The van der Waals surface area contributed by atoms with E-state index in [0.29, 0.717) is 5.69 Å². The Morgan fingerprint density at radius 2 is 2.37 bits per heavy atom. The highest BCUT2D eigenvalue weighted by atomic mass is 16.5. The zero-order valence-corrected chi connectivity index (χ0v) is 10.8. The summed E-state index contributed by atoms with van der Waals surface area (Å²) in [6.07, 6.45) is 2.19. The molecule has 0 spiro atoms. The molecule has 0 unspecified atom stereocenters. The molecule has 1 aliphatic rings. The molecule has 100 valence electrons. The number of nitrogens with one attached hydrogen (secondary N) is 2. The van der Waals surface area contributed by atoms with Crippen molar-refractivity contribution in [2.24, 2.45) is 0 Å². The summed E-state index contributed by atoms with van der Waals surface area (Å²) in [7, 11) is 0. The largest absolute Gasteiger partial charge is 0.376 e. The number of hydrogen-bond donors (Lipinski definition) is 2. The Morgan fingerprint density at radius 3 is 3.16 bits per heavy atom. The standard InChI is InChI=1S/C14H17N3O2/c1-9(12-7-4-8-19-12)15-14(18)13-10-5-2-3-6-11(10)16-17-13/h2-3,5-6,9,12H,4,7-8H2,1H3,(H,15,18)(H,16,17)/t9-,12-/m1/s1. The van der Waals surface area contributed by atoms with Crippen LogP contribution in [0.15, 0.2) is 24.3 Å². The van der Waals surface area contributed by atoms with Crippen LogP contribution >= 0.6 is 0 Å². The Morgan fingerprint density at radius 1 is 1.53 bits per heavy atom. The topological polar surface area (TPSA) is 67.0 Å². The fourth-order valence-electron chi connectivity index (χ4n) is 2.50. The number of nitrogens with zero attached hydrogens (tertiary/aromatic N) is 1. The van der Waals surface area contributed by atoms with Gasteiger partial charge in [0.05, 0.1) is 17.7 Å². The van der Waals surface area contributed by atoms with E-state index in [0.717, 1.165) is 30.4 Å². The molecule has 1 aliphatic heterocycles. The summed E-state index contributed by atoms with van der Waals surface area (Å²) < 4.78 is 5.58. The van der Waals surface area contributed by atoms with Crippen LogP contribution in [0, 0.1) is 0 Å². The number of aromatic nitrogens is 2. The lowest BCUT2D eigenvalue weighted by Gasteiger charge is -2.19. The van der Waals surface area contributed by atoms with Crippen molar-refractivity contribution in [1.29, 1.82) is 0 Å². The van der Waals surface area contributed by atoms with Gasteiger partial charge < -0.3 is 10.1 Å². The predicted molar refractivity (Wildman–Crippen MR) is 72.0 cm³/mol. The lowest BCUT2D eigenvalue weighted by molar-refractivity contribution is 0.0710. The number of aromatic amines is 1. The zero-order chi connectivity index (χ0) is 13.2. The summed E-state index contributed by atoms with van der Waals surface area (Å²) in [6, 6.07) is 7.62. The van der Waals surface area contributed by atoms with Crippen molar-refractivity contribution in [1.82, 2.24) is 15.5 Å². The Labute approximate surface area is 111 Å². The van der Waals surface area contributed by atoms with Crippen LogP contribution in [0.25, 0.3) is 10.9 Å². The maximum absolute atomic E-state index is 12.2. The van der Waals surface area contributed by atoms with Gasteiger partial charge in [-0.1, -0.05) is 18.2 Å². The monoisotopic (exact) mass is 259 g/mol. The summed E-state index contributed by atoms with van der Waals surface area (Å²) >= 11 is 0. The van der Waals surface area contributed by atoms with Gasteiger partial charge in [-0.05, 0) is 25.8 Å². The van der Waals surface area contributed by atoms with Crippen LogP contribution in [0.1, 0.15) is 30.3 Å². The number of para-hydroxylation sites is 1. The maximum atomic E-state index is 12.2. The number of ether oxygens (including phenoxy) is 1. The van der Waals surface area contributed by atoms with Crippen molar-refractivity contribution in [2.45, 2.75) is 31.9 Å². The predicted octanol–water partition coefficient (Wildman–Crippen LogP) is 1.86. The molecule has 2 atom stereocenters. The minimum Gasteiger partial charge on any atom is -0.376 e. The molecule has 1 aromatic heterocycles. The molecular weight excluding hydrogens is 242 g/mol. The van der Waals surface area contributed by atoms with Crippen molar-refractivity contribution in [2.75, 3.05) is 6.61 Å². The molecule has 0 bridgehead atoms. The molecule has 1 amide bonds. The van der Waals surface area contributed by atoms with Crippen molar-refractivity contribution < 1.29 is 9.53 Å². The van der Waals surface area contributed by atoms with E-state index < -0.39 is 0 Å². The summed E-state index contributed by atoms with van der Waals surface area (Å²) in [6.45, 7) is 2.76. The number of carbonyl (C=O) groups is 1. The van der Waals surface area contributed by atoms with Crippen molar-refractivity contribution in [3.63, 3.8) is 0 Å². The highest BCUT2D eigenvalue weighted by Gasteiger charge is 2.25. The van der Waals surface area contributed by atoms with Gasteiger partial charge >= 0.3 is 0 Å². The van der Waals surface area contributed by atoms with Crippen LogP contribution in [0.5, 0.6) is 0 Å². The molecule has 3 rings (SSSR count). The SMILES string of the molecule is C[C@@H](NC(=O)c1n[nH]c2ccccc12)[C@H]1CCCO1. The first-order valence-corrected chi connectivity index (χ1v) is 6.61. The molecule has 5 nitrogen and oxygen atoms in total. The molecule has 19 heavy (non-hydrogen) atoms. The van der Waals surface area contributed by atoms with Crippen LogP contribution in [-0.2, 0) is 4.74 Å². The number of carbonyl (C=O) groups excluding carboxylic acids is 1. The van der Waals surface area contributed by atoms with E-state index in [1.165, 1.54) is 0 Å². The number of benzene rings is 1. The molecule has 0 radical (unpaired) electrons. The molecule has 0 aliphatic carbocycles. The second kappa shape index (κ2) is 5.01. The van der Waals surface area contributed by atoms with E-state index in [1.807, 2.05) is 31.2 Å². The van der Waals surface area contributed by atoms with Gasteiger partial charge in [-0.2, -0.15) is 5.10 Å². The van der Waals surface area contributed by atoms with Crippen LogP contribution in [-0.4, -0.2) is 34.9 Å². The molecule has 1 aromatic carbocycles. The third-order valence-electron chi connectivity index (χ3n) is 3.57. The minimum absolute atomic E-state index is 0.00506. The van der Waals surface area contributed by atoms with Crippen LogP contribution in [0.4, 0.5) is 0 Å². The average Bonchev–Trinajstić information content (AvgIpc) is 3.08. The number of rotatable bonds is 3. The second-order valence-electron chi connectivity index (χ2n) is 4.93. The first kappa shape index (κ1) is 12.2. The maximum Gasteiger partial charge on any atom is 0.272 e. The summed E-state index contributed by atoms with van der Waals surface area (Å²) in [5.74, 6) is -0.152. The third-order valence-corrected chi connectivity index (χ3v) is 3.57. The van der Waals surface area contributed by atoms with E-state index in [-0.39, 0.29) is 18.1 Å². The van der Waals surface area contributed by atoms with Gasteiger partial charge in [0.25, 0.3) is 5.91 Å². The van der Waals surface area contributed by atoms with E-state index in [1.54, 1.807) is 0 Å². The lowest BCUT2D eigenvalue weighted by atomic mass is 10.1. The van der Waals surface area contributed by atoms with E-state index in [4.69, 9.17) is 4.74 Å². The van der Waals surface area contributed by atoms with E-state index in [2.05, 4.69) is 15.5 Å². The van der Waals surface area contributed by atoms with Gasteiger partial charge in [-0.15, -0.1) is 0 Å². The van der Waals surface area contributed by atoms with Gasteiger partial charge in [0.1, 0.15) is 0 Å². The lowest BCUT2D eigenvalue weighted by Crippen LogP contribution is -2.41. The Bertz CT molecular complexity index is 587. The van der Waals surface area contributed by atoms with Gasteiger partial charge in [0.15, 0.2) is 5.69 Å². The number of fused-ring (bicyclic) bond motifs is 1. The van der Waals surface area contributed by atoms with Crippen molar-refractivity contribution >= 4 is 16.8 Å². The summed E-state index contributed by atoms with van der Waals surface area (Å²) in [5.41, 5.74) is 1.32. The Balaban J connectivity index is 1.76. The first-order valence-electron chi connectivity index (χ1n) is 6.61. The number of hydrogen-bond acceptors (Lipinski definition) is 3. The quantitative estimate of drug-likeness (QED) is 0.884. The van der Waals surface area contributed by atoms with Gasteiger partial charge in [0.2, 0.25) is 0 Å².